The summed E-state index contributed by atoms with van der Waals surface area (Å²) in [5, 5.41) is 8.49. The molecule has 0 spiro atoms. The first-order valence-corrected chi connectivity index (χ1v) is 6.08. The number of carbonyl (C=O) groups is 2. The van der Waals surface area contributed by atoms with Gasteiger partial charge >= 0.3 is 5.97 Å². The van der Waals surface area contributed by atoms with Gasteiger partial charge in [-0.2, -0.15) is 0 Å². The first kappa shape index (κ1) is 13.3. The van der Waals surface area contributed by atoms with Crippen LogP contribution in [0.25, 0.3) is 6.08 Å². The smallest absolute Gasteiger partial charge is 0.328 e. The molecule has 4 nitrogen and oxygen atoms in total. The summed E-state index contributed by atoms with van der Waals surface area (Å²) in [5.74, 6) is -2.02. The van der Waals surface area contributed by atoms with Crippen LogP contribution in [-0.2, 0) is 4.79 Å². The minimum atomic E-state index is -1.10. The quantitative estimate of drug-likeness (QED) is 0.850. The van der Waals surface area contributed by atoms with Crippen molar-refractivity contribution >= 4 is 18.0 Å². The summed E-state index contributed by atoms with van der Waals surface area (Å²) in [6, 6.07) is 4.10. The van der Waals surface area contributed by atoms with Gasteiger partial charge < -0.3 is 10.0 Å². The van der Waals surface area contributed by atoms with Crippen LogP contribution in [-0.4, -0.2) is 35.0 Å². The van der Waals surface area contributed by atoms with E-state index in [1.165, 1.54) is 24.3 Å². The molecule has 1 saturated heterocycles. The summed E-state index contributed by atoms with van der Waals surface area (Å²) in [6.45, 7) is 1.33. The number of amides is 1. The molecule has 2 rings (SSSR count). The van der Waals surface area contributed by atoms with Gasteiger partial charge in [0.25, 0.3) is 5.91 Å². The summed E-state index contributed by atoms with van der Waals surface area (Å²) in [5.41, 5.74) is 0.451. The second-order valence-corrected chi connectivity index (χ2v) is 4.41. The van der Waals surface area contributed by atoms with Crippen molar-refractivity contribution in [2.45, 2.75) is 12.8 Å². The number of aliphatic carboxylic acids is 1. The van der Waals surface area contributed by atoms with E-state index in [1.807, 2.05) is 0 Å². The van der Waals surface area contributed by atoms with Crippen LogP contribution >= 0.6 is 0 Å². The molecule has 0 atom stereocenters. The standard InChI is InChI=1S/C14H14FNO3/c15-12-9-10(4-6-13(17)18)3-5-11(12)14(19)16-7-1-2-8-16/h3-6,9H,1-2,7-8H2,(H,17,18). The molecular weight excluding hydrogens is 249 g/mol. The molecule has 1 aromatic carbocycles. The average molecular weight is 263 g/mol. The summed E-state index contributed by atoms with van der Waals surface area (Å²) in [7, 11) is 0. The number of carboxylic acids is 1. The highest BCUT2D eigenvalue weighted by atomic mass is 19.1. The molecule has 19 heavy (non-hydrogen) atoms. The number of likely N-dealkylation sites (tertiary alicyclic amines) is 1. The molecule has 100 valence electrons. The average Bonchev–Trinajstić information content (AvgIpc) is 2.89. The second kappa shape index (κ2) is 5.65. The van der Waals surface area contributed by atoms with Gasteiger partial charge in [0.2, 0.25) is 0 Å². The lowest BCUT2D eigenvalue weighted by molar-refractivity contribution is -0.131. The van der Waals surface area contributed by atoms with E-state index in [9.17, 15) is 14.0 Å². The number of carbonyl (C=O) groups excluding carboxylic acids is 1. The highest BCUT2D eigenvalue weighted by molar-refractivity contribution is 5.95. The van der Waals surface area contributed by atoms with Gasteiger partial charge in [0.1, 0.15) is 5.82 Å². The molecular formula is C14H14FNO3. The fourth-order valence-corrected chi connectivity index (χ4v) is 2.07. The zero-order valence-corrected chi connectivity index (χ0v) is 10.3. The van der Waals surface area contributed by atoms with Crippen LogP contribution in [0.5, 0.6) is 0 Å². The molecule has 1 aromatic rings. The van der Waals surface area contributed by atoms with Crippen LogP contribution in [0.1, 0.15) is 28.8 Å². The number of benzene rings is 1. The maximum atomic E-state index is 13.8. The summed E-state index contributed by atoms with van der Waals surface area (Å²) >= 11 is 0. The minimum Gasteiger partial charge on any atom is -0.478 e. The van der Waals surface area contributed by atoms with Crippen LogP contribution in [0.15, 0.2) is 24.3 Å². The first-order chi connectivity index (χ1) is 9.08. The van der Waals surface area contributed by atoms with Gasteiger partial charge in [-0.25, -0.2) is 9.18 Å². The van der Waals surface area contributed by atoms with Crippen molar-refractivity contribution in [2.75, 3.05) is 13.1 Å². The predicted molar refractivity (Wildman–Crippen MR) is 68.2 cm³/mol. The summed E-state index contributed by atoms with van der Waals surface area (Å²) in [4.78, 5) is 24.0. The van der Waals surface area contributed by atoms with Crippen molar-refractivity contribution < 1.29 is 19.1 Å². The summed E-state index contributed by atoms with van der Waals surface area (Å²) in [6.07, 6.45) is 4.12. The summed E-state index contributed by atoms with van der Waals surface area (Å²) < 4.78 is 13.8. The molecule has 0 aromatic heterocycles. The van der Waals surface area contributed by atoms with Gasteiger partial charge in [-0.05, 0) is 36.6 Å². The van der Waals surface area contributed by atoms with Crippen molar-refractivity contribution in [1.82, 2.24) is 4.90 Å². The topological polar surface area (TPSA) is 57.6 Å². The van der Waals surface area contributed by atoms with E-state index < -0.39 is 11.8 Å². The van der Waals surface area contributed by atoms with E-state index in [0.717, 1.165) is 18.9 Å². The Balaban J connectivity index is 2.19. The van der Waals surface area contributed by atoms with Gasteiger partial charge in [0, 0.05) is 19.2 Å². The molecule has 5 heteroatoms. The Labute approximate surface area is 110 Å². The molecule has 0 radical (unpaired) electrons. The highest BCUT2D eigenvalue weighted by Gasteiger charge is 2.21. The van der Waals surface area contributed by atoms with E-state index in [2.05, 4.69) is 0 Å². The van der Waals surface area contributed by atoms with Crippen LogP contribution in [0.4, 0.5) is 4.39 Å². The molecule has 0 unspecified atom stereocenters. The van der Waals surface area contributed by atoms with Crippen molar-refractivity contribution in [3.63, 3.8) is 0 Å². The maximum absolute atomic E-state index is 13.8. The number of carboxylic acid groups (broad SMARTS) is 1. The lowest BCUT2D eigenvalue weighted by atomic mass is 10.1. The Hall–Kier alpha value is -2.17. The van der Waals surface area contributed by atoms with Crippen molar-refractivity contribution in [1.29, 1.82) is 0 Å². The molecule has 0 aliphatic carbocycles. The van der Waals surface area contributed by atoms with E-state index >= 15 is 0 Å². The molecule has 1 heterocycles. The third kappa shape index (κ3) is 3.19. The van der Waals surface area contributed by atoms with Gasteiger partial charge in [-0.3, -0.25) is 4.79 Å². The number of hydrogen-bond donors (Lipinski definition) is 1. The van der Waals surface area contributed by atoms with Gasteiger partial charge in [0.05, 0.1) is 5.56 Å². The fraction of sp³-hybridized carbons (Fsp3) is 0.286. The van der Waals surface area contributed by atoms with Gasteiger partial charge in [-0.15, -0.1) is 0 Å². The Morgan fingerprint density at radius 3 is 2.53 bits per heavy atom. The third-order valence-electron chi connectivity index (χ3n) is 3.04. The number of hydrogen-bond acceptors (Lipinski definition) is 2. The van der Waals surface area contributed by atoms with Crippen LogP contribution in [0, 0.1) is 5.82 Å². The largest absolute Gasteiger partial charge is 0.478 e. The normalized spacial score (nSPS) is 15.1. The molecule has 1 amide bonds. The first-order valence-electron chi connectivity index (χ1n) is 6.08. The van der Waals surface area contributed by atoms with Crippen molar-refractivity contribution in [3.05, 3.63) is 41.2 Å². The van der Waals surface area contributed by atoms with Crippen LogP contribution in [0.3, 0.4) is 0 Å². The Bertz CT molecular complexity index is 533. The third-order valence-corrected chi connectivity index (χ3v) is 3.04. The Kier molecular flexibility index (Phi) is 3.94. The lowest BCUT2D eigenvalue weighted by Crippen LogP contribution is -2.28. The SMILES string of the molecule is O=C(O)C=Cc1ccc(C(=O)N2CCCC2)c(F)c1. The van der Waals surface area contributed by atoms with Gasteiger partial charge in [-0.1, -0.05) is 6.07 Å². The van der Waals surface area contributed by atoms with Crippen molar-refractivity contribution in [2.24, 2.45) is 0 Å². The second-order valence-electron chi connectivity index (χ2n) is 4.41. The molecule has 1 fully saturated rings. The Morgan fingerprint density at radius 2 is 1.95 bits per heavy atom. The van der Waals surface area contributed by atoms with E-state index in [-0.39, 0.29) is 11.5 Å². The predicted octanol–water partition coefficient (Wildman–Crippen LogP) is 2.16. The Morgan fingerprint density at radius 1 is 1.26 bits per heavy atom. The lowest BCUT2D eigenvalue weighted by Gasteiger charge is -2.15. The van der Waals surface area contributed by atoms with E-state index in [0.29, 0.717) is 18.7 Å². The highest BCUT2D eigenvalue weighted by Crippen LogP contribution is 2.17. The minimum absolute atomic E-state index is 0.0365. The van der Waals surface area contributed by atoms with Crippen LogP contribution < -0.4 is 0 Å². The maximum Gasteiger partial charge on any atom is 0.328 e. The molecule has 0 bridgehead atoms. The zero-order valence-electron chi connectivity index (χ0n) is 10.3. The zero-order chi connectivity index (χ0) is 13.8. The number of rotatable bonds is 3. The van der Waals surface area contributed by atoms with E-state index in [4.69, 9.17) is 5.11 Å². The number of nitrogens with zero attached hydrogens (tertiary/aromatic N) is 1. The monoisotopic (exact) mass is 263 g/mol. The molecule has 0 saturated carbocycles. The molecule has 1 aliphatic rings. The molecule has 1 aliphatic heterocycles. The van der Waals surface area contributed by atoms with Gasteiger partial charge in [0.15, 0.2) is 0 Å². The molecule has 1 N–H and O–H groups in total. The van der Waals surface area contributed by atoms with Crippen LogP contribution in [0.2, 0.25) is 0 Å². The fourth-order valence-electron chi connectivity index (χ4n) is 2.07. The van der Waals surface area contributed by atoms with Crippen molar-refractivity contribution in [3.8, 4) is 0 Å². The number of halogens is 1. The van der Waals surface area contributed by atoms with E-state index in [1.54, 1.807) is 4.90 Å².